The van der Waals surface area contributed by atoms with Gasteiger partial charge in [-0.25, -0.2) is 4.98 Å². The van der Waals surface area contributed by atoms with Gasteiger partial charge in [0.1, 0.15) is 5.69 Å². The third-order valence-corrected chi connectivity index (χ3v) is 4.28. The second kappa shape index (κ2) is 5.60. The van der Waals surface area contributed by atoms with E-state index in [4.69, 9.17) is 0 Å². The molecule has 1 aliphatic heterocycles. The van der Waals surface area contributed by atoms with Crippen LogP contribution in [0.4, 0.5) is 17.5 Å². The second-order valence-electron chi connectivity index (χ2n) is 4.43. The average Bonchev–Trinajstić information content (AvgIpc) is 2.37. The lowest BCUT2D eigenvalue weighted by Crippen LogP contribution is -2.41. The van der Waals surface area contributed by atoms with Crippen LogP contribution in [0, 0.1) is 17.0 Å². The van der Waals surface area contributed by atoms with Gasteiger partial charge in [-0.05, 0) is 13.8 Å². The number of hydrogen-bond donors (Lipinski definition) is 1. The summed E-state index contributed by atoms with van der Waals surface area (Å²) in [5.74, 6) is 2.76. The second-order valence-corrected chi connectivity index (χ2v) is 5.58. The number of thioether (sulfide) groups is 1. The highest BCUT2D eigenvalue weighted by molar-refractivity contribution is 7.99. The Morgan fingerprint density at radius 1 is 1.53 bits per heavy atom. The van der Waals surface area contributed by atoms with Crippen LogP contribution >= 0.6 is 11.8 Å². The lowest BCUT2D eigenvalue weighted by Gasteiger charge is -2.33. The maximum atomic E-state index is 11.3. The molecule has 0 radical (unpaired) electrons. The van der Waals surface area contributed by atoms with Gasteiger partial charge < -0.3 is 10.2 Å². The SMILES string of the molecule is CNc1nc(C)c([N+](=O)[O-])c(N2CCSCC2C)n1. The molecule has 1 unspecified atom stereocenters. The molecular weight excluding hydrogens is 266 g/mol. The summed E-state index contributed by atoms with van der Waals surface area (Å²) in [4.78, 5) is 21.3. The number of nitrogens with one attached hydrogen (secondary N) is 1. The van der Waals surface area contributed by atoms with Crippen molar-refractivity contribution in [3.05, 3.63) is 15.8 Å². The lowest BCUT2D eigenvalue weighted by molar-refractivity contribution is -0.385. The van der Waals surface area contributed by atoms with E-state index in [1.807, 2.05) is 16.7 Å². The Balaban J connectivity index is 2.52. The Bertz CT molecular complexity index is 496. The van der Waals surface area contributed by atoms with E-state index in [0.29, 0.717) is 17.5 Å². The summed E-state index contributed by atoms with van der Waals surface area (Å²) >= 11 is 1.86. The monoisotopic (exact) mass is 283 g/mol. The first-order chi connectivity index (χ1) is 9.04. The van der Waals surface area contributed by atoms with Crippen molar-refractivity contribution in [2.75, 3.05) is 35.3 Å². The van der Waals surface area contributed by atoms with Gasteiger partial charge in [0.2, 0.25) is 11.8 Å². The quantitative estimate of drug-likeness (QED) is 0.667. The van der Waals surface area contributed by atoms with Crippen LogP contribution in [0.3, 0.4) is 0 Å². The van der Waals surface area contributed by atoms with Gasteiger partial charge in [0.15, 0.2) is 0 Å². The Labute approximate surface area is 116 Å². The summed E-state index contributed by atoms with van der Waals surface area (Å²) in [6.07, 6.45) is 0. The largest absolute Gasteiger partial charge is 0.357 e. The molecule has 1 N–H and O–H groups in total. The summed E-state index contributed by atoms with van der Waals surface area (Å²) < 4.78 is 0. The lowest BCUT2D eigenvalue weighted by atomic mass is 10.2. The van der Waals surface area contributed by atoms with E-state index >= 15 is 0 Å². The van der Waals surface area contributed by atoms with E-state index in [1.165, 1.54) is 0 Å². The summed E-state index contributed by atoms with van der Waals surface area (Å²) in [5, 5.41) is 14.1. The minimum atomic E-state index is -0.390. The topological polar surface area (TPSA) is 84.2 Å². The van der Waals surface area contributed by atoms with Gasteiger partial charge in [0.05, 0.1) is 4.92 Å². The average molecular weight is 283 g/mol. The first-order valence-corrected chi connectivity index (χ1v) is 7.25. The minimum absolute atomic E-state index is 0.0118. The molecule has 2 rings (SSSR count). The van der Waals surface area contributed by atoms with Crippen LogP contribution in [0.25, 0.3) is 0 Å². The van der Waals surface area contributed by atoms with E-state index in [2.05, 4.69) is 22.2 Å². The summed E-state index contributed by atoms with van der Waals surface area (Å²) in [6, 6.07) is 0.233. The molecule has 0 bridgehead atoms. The highest BCUT2D eigenvalue weighted by Gasteiger charge is 2.30. The predicted octanol–water partition coefficient (Wildman–Crippen LogP) is 1.68. The maximum absolute atomic E-state index is 11.3. The molecule has 1 fully saturated rings. The number of aryl methyl sites for hydroxylation is 1. The first-order valence-electron chi connectivity index (χ1n) is 6.09. The standard InChI is InChI=1S/C11H17N5O2S/c1-7-6-19-5-4-15(7)10-9(16(17)18)8(2)13-11(12-3)14-10/h7H,4-6H2,1-3H3,(H,12,13,14). The van der Waals surface area contributed by atoms with Crippen molar-refractivity contribution >= 4 is 29.2 Å². The zero-order valence-electron chi connectivity index (χ0n) is 11.2. The van der Waals surface area contributed by atoms with Crippen LogP contribution in [0.15, 0.2) is 0 Å². The van der Waals surface area contributed by atoms with Gasteiger partial charge in [-0.15, -0.1) is 0 Å². The molecular formula is C11H17N5O2S. The van der Waals surface area contributed by atoms with E-state index in [-0.39, 0.29) is 11.7 Å². The molecule has 1 atom stereocenters. The number of nitro groups is 1. The van der Waals surface area contributed by atoms with Gasteiger partial charge in [-0.2, -0.15) is 16.7 Å². The minimum Gasteiger partial charge on any atom is -0.357 e. The van der Waals surface area contributed by atoms with Crippen LogP contribution < -0.4 is 10.2 Å². The summed E-state index contributed by atoms with van der Waals surface area (Å²) in [5.41, 5.74) is 0.405. The molecule has 0 spiro atoms. The molecule has 0 aromatic carbocycles. The van der Waals surface area contributed by atoms with Crippen molar-refractivity contribution in [1.29, 1.82) is 0 Å². The first kappa shape index (κ1) is 13.9. The maximum Gasteiger partial charge on any atom is 0.332 e. The van der Waals surface area contributed by atoms with Gasteiger partial charge in [0.25, 0.3) is 0 Å². The van der Waals surface area contributed by atoms with Gasteiger partial charge in [-0.1, -0.05) is 0 Å². The fraction of sp³-hybridized carbons (Fsp3) is 0.636. The van der Waals surface area contributed by atoms with Crippen molar-refractivity contribution in [2.24, 2.45) is 0 Å². The number of hydrogen-bond acceptors (Lipinski definition) is 7. The fourth-order valence-electron chi connectivity index (χ4n) is 2.12. The normalized spacial score (nSPS) is 19.3. The number of rotatable bonds is 3. The fourth-order valence-corrected chi connectivity index (χ4v) is 3.13. The molecule has 0 aliphatic carbocycles. The molecule has 19 heavy (non-hydrogen) atoms. The van der Waals surface area contributed by atoms with Gasteiger partial charge >= 0.3 is 5.69 Å². The van der Waals surface area contributed by atoms with E-state index in [0.717, 1.165) is 18.1 Å². The van der Waals surface area contributed by atoms with Gasteiger partial charge in [-0.3, -0.25) is 10.1 Å². The molecule has 2 heterocycles. The van der Waals surface area contributed by atoms with Crippen LogP contribution in [0.2, 0.25) is 0 Å². The molecule has 104 valence electrons. The number of nitrogens with zero attached hydrogens (tertiary/aromatic N) is 4. The summed E-state index contributed by atoms with van der Waals surface area (Å²) in [6.45, 7) is 4.48. The Hall–Kier alpha value is -1.57. The third-order valence-electron chi connectivity index (χ3n) is 3.09. The van der Waals surface area contributed by atoms with Crippen LogP contribution in [0.1, 0.15) is 12.6 Å². The molecule has 7 nitrogen and oxygen atoms in total. The third kappa shape index (κ3) is 2.73. The van der Waals surface area contributed by atoms with E-state index in [1.54, 1.807) is 14.0 Å². The molecule has 1 saturated heterocycles. The van der Waals surface area contributed by atoms with Crippen molar-refractivity contribution < 1.29 is 4.92 Å². The Morgan fingerprint density at radius 2 is 2.26 bits per heavy atom. The Morgan fingerprint density at radius 3 is 2.84 bits per heavy atom. The molecule has 0 amide bonds. The van der Waals surface area contributed by atoms with Crippen molar-refractivity contribution in [3.8, 4) is 0 Å². The zero-order valence-corrected chi connectivity index (χ0v) is 12.0. The molecule has 8 heteroatoms. The number of aromatic nitrogens is 2. The molecule has 0 saturated carbocycles. The van der Waals surface area contributed by atoms with Crippen molar-refractivity contribution in [3.63, 3.8) is 0 Å². The van der Waals surface area contributed by atoms with Crippen LogP contribution in [-0.2, 0) is 0 Å². The molecule has 1 aliphatic rings. The van der Waals surface area contributed by atoms with Crippen molar-refractivity contribution in [1.82, 2.24) is 9.97 Å². The van der Waals surface area contributed by atoms with Gasteiger partial charge in [0, 0.05) is 31.1 Å². The van der Waals surface area contributed by atoms with Crippen molar-refractivity contribution in [2.45, 2.75) is 19.9 Å². The highest BCUT2D eigenvalue weighted by Crippen LogP contribution is 2.33. The van der Waals surface area contributed by atoms with E-state index < -0.39 is 4.92 Å². The molecule has 1 aromatic heterocycles. The van der Waals surface area contributed by atoms with Crippen LogP contribution in [0.5, 0.6) is 0 Å². The van der Waals surface area contributed by atoms with Crippen LogP contribution in [-0.4, -0.2) is 46.0 Å². The Kier molecular flexibility index (Phi) is 4.08. The molecule has 1 aromatic rings. The number of anilines is 2. The zero-order chi connectivity index (χ0) is 14.0. The smallest absolute Gasteiger partial charge is 0.332 e. The highest BCUT2D eigenvalue weighted by atomic mass is 32.2. The van der Waals surface area contributed by atoms with E-state index in [9.17, 15) is 10.1 Å². The summed E-state index contributed by atoms with van der Waals surface area (Å²) in [7, 11) is 1.71. The predicted molar refractivity (Wildman–Crippen MR) is 77.1 cm³/mol.